The molecular formula is C15H17ClN4. The van der Waals surface area contributed by atoms with Crippen LogP contribution in [0.4, 0.5) is 0 Å². The Bertz CT molecular complexity index is 662. The van der Waals surface area contributed by atoms with E-state index in [1.807, 2.05) is 18.2 Å². The van der Waals surface area contributed by atoms with Crippen molar-refractivity contribution in [3.8, 4) is 6.07 Å². The molecule has 20 heavy (non-hydrogen) atoms. The number of alkyl halides is 1. The highest BCUT2D eigenvalue weighted by Gasteiger charge is 2.22. The molecule has 1 aromatic carbocycles. The molecule has 0 aliphatic carbocycles. The number of hydrogen-bond acceptors (Lipinski definition) is 3. The molecule has 0 bridgehead atoms. The highest BCUT2D eigenvalue weighted by Crippen LogP contribution is 2.29. The maximum Gasteiger partial charge on any atom is 0.125 e. The van der Waals surface area contributed by atoms with E-state index in [1.54, 1.807) is 0 Å². The quantitative estimate of drug-likeness (QED) is 0.798. The molecule has 104 valence electrons. The third kappa shape index (κ3) is 2.28. The van der Waals surface area contributed by atoms with Gasteiger partial charge in [-0.1, -0.05) is 0 Å². The Morgan fingerprint density at radius 2 is 2.15 bits per heavy atom. The van der Waals surface area contributed by atoms with Gasteiger partial charge in [-0.3, -0.25) is 0 Å². The minimum atomic E-state index is 0.406. The van der Waals surface area contributed by atoms with Crippen molar-refractivity contribution in [1.82, 2.24) is 14.5 Å². The van der Waals surface area contributed by atoms with Crippen molar-refractivity contribution in [2.24, 2.45) is 0 Å². The first-order valence-electron chi connectivity index (χ1n) is 6.88. The van der Waals surface area contributed by atoms with E-state index < -0.39 is 0 Å². The van der Waals surface area contributed by atoms with Crippen LogP contribution in [0, 0.1) is 11.3 Å². The van der Waals surface area contributed by atoms with Crippen molar-refractivity contribution < 1.29 is 0 Å². The SMILES string of the molecule is CN1CCC(n2c(CCl)nc3ccc(C#N)cc32)CC1. The van der Waals surface area contributed by atoms with Gasteiger partial charge in [-0.05, 0) is 51.2 Å². The molecule has 1 fully saturated rings. The van der Waals surface area contributed by atoms with Crippen LogP contribution in [0.2, 0.25) is 0 Å². The van der Waals surface area contributed by atoms with Crippen LogP contribution < -0.4 is 0 Å². The first-order valence-corrected chi connectivity index (χ1v) is 7.42. The van der Waals surface area contributed by atoms with Gasteiger partial charge in [-0.2, -0.15) is 5.26 Å². The van der Waals surface area contributed by atoms with Gasteiger partial charge in [0.05, 0.1) is 28.5 Å². The van der Waals surface area contributed by atoms with Crippen molar-refractivity contribution in [2.75, 3.05) is 20.1 Å². The van der Waals surface area contributed by atoms with E-state index in [0.29, 0.717) is 17.5 Å². The summed E-state index contributed by atoms with van der Waals surface area (Å²) in [5.41, 5.74) is 2.64. The summed E-state index contributed by atoms with van der Waals surface area (Å²) >= 11 is 6.07. The van der Waals surface area contributed by atoms with E-state index in [9.17, 15) is 0 Å². The number of rotatable bonds is 2. The van der Waals surface area contributed by atoms with Crippen molar-refractivity contribution >= 4 is 22.6 Å². The lowest BCUT2D eigenvalue weighted by Gasteiger charge is -2.31. The van der Waals surface area contributed by atoms with Gasteiger partial charge in [0, 0.05) is 6.04 Å². The third-order valence-corrected chi connectivity index (χ3v) is 4.30. The van der Waals surface area contributed by atoms with Crippen LogP contribution in [0.15, 0.2) is 18.2 Å². The molecular weight excluding hydrogens is 272 g/mol. The summed E-state index contributed by atoms with van der Waals surface area (Å²) in [6, 6.07) is 8.28. The minimum absolute atomic E-state index is 0.406. The van der Waals surface area contributed by atoms with E-state index in [-0.39, 0.29) is 0 Å². The number of hydrogen-bond donors (Lipinski definition) is 0. The highest BCUT2D eigenvalue weighted by atomic mass is 35.5. The van der Waals surface area contributed by atoms with Crippen LogP contribution in [-0.4, -0.2) is 34.6 Å². The molecule has 0 atom stereocenters. The lowest BCUT2D eigenvalue weighted by atomic mass is 10.0. The van der Waals surface area contributed by atoms with Crippen LogP contribution in [0.5, 0.6) is 0 Å². The molecule has 1 aromatic heterocycles. The van der Waals surface area contributed by atoms with Gasteiger partial charge in [0.15, 0.2) is 0 Å². The van der Waals surface area contributed by atoms with Crippen molar-refractivity contribution in [2.45, 2.75) is 24.8 Å². The summed E-state index contributed by atoms with van der Waals surface area (Å²) in [5, 5.41) is 9.08. The van der Waals surface area contributed by atoms with Gasteiger partial charge < -0.3 is 9.47 Å². The molecule has 2 aromatic rings. The lowest BCUT2D eigenvalue weighted by molar-refractivity contribution is 0.222. The van der Waals surface area contributed by atoms with Crippen LogP contribution in [0.25, 0.3) is 11.0 Å². The zero-order valence-corrected chi connectivity index (χ0v) is 12.3. The number of aromatic nitrogens is 2. The smallest absolute Gasteiger partial charge is 0.125 e. The van der Waals surface area contributed by atoms with Gasteiger partial charge in [-0.25, -0.2) is 4.98 Å². The zero-order chi connectivity index (χ0) is 14.1. The second-order valence-electron chi connectivity index (χ2n) is 5.38. The van der Waals surface area contributed by atoms with Gasteiger partial charge in [0.25, 0.3) is 0 Å². The van der Waals surface area contributed by atoms with E-state index in [2.05, 4.69) is 27.6 Å². The normalized spacial score (nSPS) is 17.4. The van der Waals surface area contributed by atoms with Crippen molar-refractivity contribution in [3.63, 3.8) is 0 Å². The molecule has 1 aliphatic heterocycles. The molecule has 0 N–H and O–H groups in total. The molecule has 5 heteroatoms. The Morgan fingerprint density at radius 1 is 1.40 bits per heavy atom. The average molecular weight is 289 g/mol. The maximum atomic E-state index is 9.08. The van der Waals surface area contributed by atoms with E-state index in [1.165, 1.54) is 0 Å². The Morgan fingerprint density at radius 3 is 2.80 bits per heavy atom. The zero-order valence-electron chi connectivity index (χ0n) is 11.5. The van der Waals surface area contributed by atoms with Crippen molar-refractivity contribution in [1.29, 1.82) is 5.26 Å². The Balaban J connectivity index is 2.09. The number of imidazole rings is 1. The first kappa shape index (κ1) is 13.4. The molecule has 0 amide bonds. The van der Waals surface area contributed by atoms with Crippen LogP contribution in [0.3, 0.4) is 0 Å². The summed E-state index contributed by atoms with van der Waals surface area (Å²) in [6.07, 6.45) is 2.20. The second kappa shape index (κ2) is 5.43. The fourth-order valence-electron chi connectivity index (χ4n) is 2.97. The van der Waals surface area contributed by atoms with E-state index in [4.69, 9.17) is 16.9 Å². The number of likely N-dealkylation sites (tertiary alicyclic amines) is 1. The van der Waals surface area contributed by atoms with E-state index in [0.717, 1.165) is 42.8 Å². The second-order valence-corrected chi connectivity index (χ2v) is 5.65. The molecule has 2 heterocycles. The number of nitriles is 1. The molecule has 0 unspecified atom stereocenters. The first-order chi connectivity index (χ1) is 9.72. The largest absolute Gasteiger partial charge is 0.324 e. The molecule has 1 aliphatic rings. The fraction of sp³-hybridized carbons (Fsp3) is 0.467. The molecule has 0 saturated carbocycles. The Labute approximate surface area is 123 Å². The lowest BCUT2D eigenvalue weighted by Crippen LogP contribution is -2.32. The third-order valence-electron chi connectivity index (χ3n) is 4.06. The molecule has 1 saturated heterocycles. The Hall–Kier alpha value is -1.57. The van der Waals surface area contributed by atoms with Crippen molar-refractivity contribution in [3.05, 3.63) is 29.6 Å². The van der Waals surface area contributed by atoms with Gasteiger partial charge in [0.1, 0.15) is 5.82 Å². The predicted octanol–water partition coefficient (Wildman–Crippen LogP) is 2.91. The van der Waals surface area contributed by atoms with Gasteiger partial charge in [0.2, 0.25) is 0 Å². The molecule has 3 rings (SSSR count). The van der Waals surface area contributed by atoms with Crippen LogP contribution >= 0.6 is 11.6 Å². The maximum absolute atomic E-state index is 9.08. The number of fused-ring (bicyclic) bond motifs is 1. The molecule has 0 spiro atoms. The Kier molecular flexibility index (Phi) is 3.64. The summed E-state index contributed by atoms with van der Waals surface area (Å²) < 4.78 is 2.25. The number of benzene rings is 1. The summed E-state index contributed by atoms with van der Waals surface area (Å²) in [6.45, 7) is 2.17. The number of piperidine rings is 1. The number of nitrogens with zero attached hydrogens (tertiary/aromatic N) is 4. The highest BCUT2D eigenvalue weighted by molar-refractivity contribution is 6.16. The topological polar surface area (TPSA) is 44.9 Å². The predicted molar refractivity (Wildman–Crippen MR) is 79.8 cm³/mol. The standard InChI is InChI=1S/C15H17ClN4/c1-19-6-4-12(5-7-19)20-14-8-11(10-17)2-3-13(14)18-15(20)9-16/h2-3,8,12H,4-7,9H2,1H3. The van der Waals surface area contributed by atoms with Crippen LogP contribution in [0.1, 0.15) is 30.3 Å². The van der Waals surface area contributed by atoms with E-state index >= 15 is 0 Å². The molecule has 0 radical (unpaired) electrons. The summed E-state index contributed by atoms with van der Waals surface area (Å²) in [4.78, 5) is 6.95. The monoisotopic (exact) mass is 288 g/mol. The minimum Gasteiger partial charge on any atom is -0.324 e. The summed E-state index contributed by atoms with van der Waals surface area (Å²) in [5.74, 6) is 1.31. The van der Waals surface area contributed by atoms with Crippen LogP contribution in [-0.2, 0) is 5.88 Å². The average Bonchev–Trinajstić information content (AvgIpc) is 2.85. The number of halogens is 1. The fourth-order valence-corrected chi connectivity index (χ4v) is 3.16. The van der Waals surface area contributed by atoms with Gasteiger partial charge in [-0.15, -0.1) is 11.6 Å². The van der Waals surface area contributed by atoms with Gasteiger partial charge >= 0.3 is 0 Å². The molecule has 4 nitrogen and oxygen atoms in total. The summed E-state index contributed by atoms with van der Waals surface area (Å²) in [7, 11) is 2.15.